The van der Waals surface area contributed by atoms with Crippen molar-refractivity contribution in [3.8, 4) is 11.4 Å². The third kappa shape index (κ3) is 2.71. The Morgan fingerprint density at radius 1 is 1.14 bits per heavy atom. The molecule has 8 heteroatoms. The first-order valence-corrected chi connectivity index (χ1v) is 6.59. The van der Waals surface area contributed by atoms with Crippen LogP contribution in [-0.4, -0.2) is 21.1 Å². The minimum atomic E-state index is -4.72. The molecule has 0 bridgehead atoms. The molecule has 22 heavy (non-hydrogen) atoms. The van der Waals surface area contributed by atoms with Gasteiger partial charge in [0.1, 0.15) is 5.75 Å². The van der Waals surface area contributed by atoms with Gasteiger partial charge in [-0.3, -0.25) is 0 Å². The van der Waals surface area contributed by atoms with Gasteiger partial charge in [0.2, 0.25) is 0 Å². The number of fused-ring (bicyclic) bond motifs is 1. The van der Waals surface area contributed by atoms with E-state index in [-0.39, 0.29) is 5.75 Å². The van der Waals surface area contributed by atoms with Crippen molar-refractivity contribution in [3.05, 3.63) is 47.2 Å². The van der Waals surface area contributed by atoms with Crippen molar-refractivity contribution in [2.45, 2.75) is 13.3 Å². The predicted molar refractivity (Wildman–Crippen MR) is 75.3 cm³/mol. The lowest BCUT2D eigenvalue weighted by Gasteiger charge is -2.09. The Kier molecular flexibility index (Phi) is 3.44. The van der Waals surface area contributed by atoms with Gasteiger partial charge in [-0.05, 0) is 37.3 Å². The van der Waals surface area contributed by atoms with Crippen LogP contribution in [-0.2, 0) is 0 Å². The molecule has 0 fully saturated rings. The van der Waals surface area contributed by atoms with Gasteiger partial charge >= 0.3 is 6.36 Å². The lowest BCUT2D eigenvalue weighted by Crippen LogP contribution is -2.17. The number of pyridine rings is 1. The summed E-state index contributed by atoms with van der Waals surface area (Å²) in [5.74, 6) is -0.296. The summed E-state index contributed by atoms with van der Waals surface area (Å²) in [6.45, 7) is 1.79. The molecule has 1 aromatic carbocycles. The number of hydrogen-bond acceptors (Lipinski definition) is 3. The van der Waals surface area contributed by atoms with E-state index in [9.17, 15) is 13.2 Å². The number of ether oxygens (including phenoxy) is 1. The topological polar surface area (TPSA) is 39.9 Å². The second kappa shape index (κ2) is 5.17. The van der Waals surface area contributed by atoms with Gasteiger partial charge in [-0.25, -0.2) is 9.67 Å². The Bertz CT molecular complexity index is 828. The van der Waals surface area contributed by atoms with Crippen molar-refractivity contribution >= 4 is 22.6 Å². The van der Waals surface area contributed by atoms with Crippen LogP contribution in [0.2, 0.25) is 5.02 Å². The van der Waals surface area contributed by atoms with Gasteiger partial charge in [0.05, 0.1) is 21.8 Å². The van der Waals surface area contributed by atoms with E-state index in [0.29, 0.717) is 27.4 Å². The highest BCUT2D eigenvalue weighted by molar-refractivity contribution is 6.35. The molecule has 3 rings (SSSR count). The molecule has 3 aromatic rings. The van der Waals surface area contributed by atoms with Crippen LogP contribution in [0.15, 0.2) is 36.5 Å². The molecule has 0 spiro atoms. The zero-order valence-electron chi connectivity index (χ0n) is 11.2. The molecule has 4 nitrogen and oxygen atoms in total. The molecular formula is C14H9ClF3N3O. The lowest BCUT2D eigenvalue weighted by atomic mass is 10.2. The number of hydrogen-bond donors (Lipinski definition) is 0. The Hall–Kier alpha value is -2.28. The number of rotatable bonds is 2. The third-order valence-electron chi connectivity index (χ3n) is 3.01. The van der Waals surface area contributed by atoms with E-state index in [1.54, 1.807) is 19.2 Å². The number of benzene rings is 1. The molecule has 0 saturated carbocycles. The van der Waals surface area contributed by atoms with Gasteiger partial charge < -0.3 is 4.74 Å². The van der Waals surface area contributed by atoms with Crippen LogP contribution in [0.1, 0.15) is 5.69 Å². The largest absolute Gasteiger partial charge is 0.573 e. The highest BCUT2D eigenvalue weighted by Crippen LogP contribution is 2.28. The van der Waals surface area contributed by atoms with E-state index in [1.165, 1.54) is 28.9 Å². The summed E-state index contributed by atoms with van der Waals surface area (Å²) in [6.07, 6.45) is -3.17. The van der Waals surface area contributed by atoms with Crippen molar-refractivity contribution in [3.63, 3.8) is 0 Å². The summed E-state index contributed by atoms with van der Waals surface area (Å²) in [6, 6.07) is 7.03. The first-order chi connectivity index (χ1) is 10.3. The van der Waals surface area contributed by atoms with Crippen molar-refractivity contribution in [2.75, 3.05) is 0 Å². The summed E-state index contributed by atoms with van der Waals surface area (Å²) in [7, 11) is 0. The SMILES string of the molecule is Cc1nn(-c2ccc(OC(F)(F)F)cc2)c2nccc(Cl)c12. The van der Waals surface area contributed by atoms with Crippen LogP contribution in [0.25, 0.3) is 16.7 Å². The maximum atomic E-state index is 12.2. The lowest BCUT2D eigenvalue weighted by molar-refractivity contribution is -0.274. The second-order valence-electron chi connectivity index (χ2n) is 4.53. The average Bonchev–Trinajstić information content (AvgIpc) is 2.77. The van der Waals surface area contributed by atoms with Crippen LogP contribution < -0.4 is 4.74 Å². The van der Waals surface area contributed by atoms with Gasteiger partial charge in [-0.2, -0.15) is 5.10 Å². The van der Waals surface area contributed by atoms with Crippen LogP contribution in [0.5, 0.6) is 5.75 Å². The fraction of sp³-hybridized carbons (Fsp3) is 0.143. The third-order valence-corrected chi connectivity index (χ3v) is 3.32. The van der Waals surface area contributed by atoms with Crippen molar-refractivity contribution < 1.29 is 17.9 Å². The van der Waals surface area contributed by atoms with E-state index in [1.807, 2.05) is 0 Å². The number of nitrogens with zero attached hydrogens (tertiary/aromatic N) is 3. The smallest absolute Gasteiger partial charge is 0.406 e. The second-order valence-corrected chi connectivity index (χ2v) is 4.94. The normalized spacial score (nSPS) is 11.9. The van der Waals surface area contributed by atoms with Gasteiger partial charge in [0.15, 0.2) is 5.65 Å². The summed E-state index contributed by atoms with van der Waals surface area (Å²) >= 11 is 6.12. The summed E-state index contributed by atoms with van der Waals surface area (Å²) in [5, 5.41) is 5.56. The highest BCUT2D eigenvalue weighted by atomic mass is 35.5. The van der Waals surface area contributed by atoms with Crippen LogP contribution in [0, 0.1) is 6.92 Å². The molecule has 0 saturated heterocycles. The van der Waals surface area contributed by atoms with Gasteiger partial charge in [-0.1, -0.05) is 11.6 Å². The van der Waals surface area contributed by atoms with E-state index < -0.39 is 6.36 Å². The minimum Gasteiger partial charge on any atom is -0.406 e. The molecule has 114 valence electrons. The molecule has 0 unspecified atom stereocenters. The quantitative estimate of drug-likeness (QED) is 0.705. The van der Waals surface area contributed by atoms with Gasteiger partial charge in [0, 0.05) is 6.20 Å². The number of halogens is 4. The maximum Gasteiger partial charge on any atom is 0.573 e. The standard InChI is InChI=1S/C14H9ClF3N3O/c1-8-12-11(15)6-7-19-13(12)21(20-8)9-2-4-10(5-3-9)22-14(16,17)18/h2-7H,1H3. The van der Waals surface area contributed by atoms with E-state index in [2.05, 4.69) is 14.8 Å². The fourth-order valence-corrected chi connectivity index (χ4v) is 2.42. The molecule has 0 radical (unpaired) electrons. The summed E-state index contributed by atoms with van der Waals surface area (Å²) < 4.78 is 41.8. The molecule has 2 heterocycles. The first kappa shape index (κ1) is 14.6. The monoisotopic (exact) mass is 327 g/mol. The molecule has 0 aliphatic carbocycles. The fourth-order valence-electron chi connectivity index (χ4n) is 2.14. The predicted octanol–water partition coefficient (Wildman–Crippen LogP) is 4.28. The Morgan fingerprint density at radius 3 is 2.45 bits per heavy atom. The average molecular weight is 328 g/mol. The molecule has 0 atom stereocenters. The molecule has 2 aromatic heterocycles. The van der Waals surface area contributed by atoms with Gasteiger partial charge in [-0.15, -0.1) is 13.2 Å². The zero-order valence-corrected chi connectivity index (χ0v) is 12.0. The Labute approximate surface area is 128 Å². The van der Waals surface area contributed by atoms with E-state index in [4.69, 9.17) is 11.6 Å². The summed E-state index contributed by atoms with van der Waals surface area (Å²) in [4.78, 5) is 4.23. The summed E-state index contributed by atoms with van der Waals surface area (Å²) in [5.41, 5.74) is 1.78. The minimum absolute atomic E-state index is 0.296. The molecule has 0 amide bonds. The van der Waals surface area contributed by atoms with Crippen molar-refractivity contribution in [1.82, 2.24) is 14.8 Å². The highest BCUT2D eigenvalue weighted by Gasteiger charge is 2.31. The molecule has 0 N–H and O–H groups in total. The van der Waals surface area contributed by atoms with E-state index >= 15 is 0 Å². The maximum absolute atomic E-state index is 12.2. The van der Waals surface area contributed by atoms with Crippen molar-refractivity contribution in [2.24, 2.45) is 0 Å². The Morgan fingerprint density at radius 2 is 1.82 bits per heavy atom. The first-order valence-electron chi connectivity index (χ1n) is 6.21. The Balaban J connectivity index is 2.03. The van der Waals surface area contributed by atoms with Crippen molar-refractivity contribution in [1.29, 1.82) is 0 Å². The van der Waals surface area contributed by atoms with Crippen LogP contribution >= 0.6 is 11.6 Å². The molecule has 0 aliphatic heterocycles. The number of aryl methyl sites for hydroxylation is 1. The van der Waals surface area contributed by atoms with Crippen LogP contribution in [0.4, 0.5) is 13.2 Å². The zero-order chi connectivity index (χ0) is 15.9. The van der Waals surface area contributed by atoms with E-state index in [0.717, 1.165) is 0 Å². The van der Waals surface area contributed by atoms with Crippen LogP contribution in [0.3, 0.4) is 0 Å². The molecular weight excluding hydrogens is 319 g/mol. The van der Waals surface area contributed by atoms with Gasteiger partial charge in [0.25, 0.3) is 0 Å². The number of aromatic nitrogens is 3. The molecule has 0 aliphatic rings. The number of alkyl halides is 3.